The maximum Gasteiger partial charge on any atom is 0.220 e. The molecule has 0 aromatic carbocycles. The van der Waals surface area contributed by atoms with Crippen LogP contribution in [-0.2, 0) is 4.79 Å². The lowest BCUT2D eigenvalue weighted by molar-refractivity contribution is -0.122. The van der Waals surface area contributed by atoms with Crippen molar-refractivity contribution in [3.63, 3.8) is 0 Å². The van der Waals surface area contributed by atoms with E-state index in [0.717, 1.165) is 18.8 Å². The summed E-state index contributed by atoms with van der Waals surface area (Å²) in [5.74, 6) is 0.882. The van der Waals surface area contributed by atoms with Crippen LogP contribution in [0.4, 0.5) is 0 Å². The third kappa shape index (κ3) is 4.28. The van der Waals surface area contributed by atoms with Crippen molar-refractivity contribution in [3.8, 4) is 0 Å². The summed E-state index contributed by atoms with van der Waals surface area (Å²) in [6.45, 7) is 1.37. The van der Waals surface area contributed by atoms with Gasteiger partial charge in [0.1, 0.15) is 0 Å². The number of aliphatic hydroxyl groups is 1. The summed E-state index contributed by atoms with van der Waals surface area (Å²) in [5, 5.41) is 16.1. The molecule has 0 spiro atoms. The van der Waals surface area contributed by atoms with Gasteiger partial charge >= 0.3 is 0 Å². The molecular formula is C13H24N2O2. The molecule has 1 aliphatic carbocycles. The Morgan fingerprint density at radius 3 is 2.76 bits per heavy atom. The minimum Gasteiger partial charge on any atom is -0.392 e. The van der Waals surface area contributed by atoms with Gasteiger partial charge in [-0.3, -0.25) is 4.79 Å². The summed E-state index contributed by atoms with van der Waals surface area (Å²) >= 11 is 0. The van der Waals surface area contributed by atoms with Gasteiger partial charge in [-0.1, -0.05) is 25.7 Å². The number of aliphatic hydroxyl groups excluding tert-OH is 1. The number of carbonyl (C=O) groups is 1. The van der Waals surface area contributed by atoms with Crippen LogP contribution in [0.15, 0.2) is 0 Å². The molecule has 4 heteroatoms. The summed E-state index contributed by atoms with van der Waals surface area (Å²) < 4.78 is 0. The lowest BCUT2D eigenvalue weighted by Crippen LogP contribution is -2.47. The molecule has 0 radical (unpaired) electrons. The molecule has 1 saturated heterocycles. The molecule has 2 unspecified atom stereocenters. The first-order valence-corrected chi connectivity index (χ1v) is 6.92. The van der Waals surface area contributed by atoms with Crippen LogP contribution in [0.1, 0.15) is 44.9 Å². The van der Waals surface area contributed by atoms with Crippen molar-refractivity contribution >= 4 is 5.91 Å². The number of carbonyl (C=O) groups excluding carboxylic acids is 1. The van der Waals surface area contributed by atoms with E-state index in [0.29, 0.717) is 25.6 Å². The van der Waals surface area contributed by atoms with Gasteiger partial charge in [-0.2, -0.15) is 0 Å². The van der Waals surface area contributed by atoms with Gasteiger partial charge in [0, 0.05) is 25.6 Å². The fourth-order valence-electron chi connectivity index (χ4n) is 2.92. The Balaban J connectivity index is 1.58. The van der Waals surface area contributed by atoms with Crippen LogP contribution in [0.2, 0.25) is 0 Å². The standard InChI is InChI=1S/C13H24N2O2/c16-12(7-10-3-1-2-4-10)9-14-11-5-6-13(17)15-8-11/h10-12,14,16H,1-9H2,(H,15,17). The summed E-state index contributed by atoms with van der Waals surface area (Å²) in [5.41, 5.74) is 0. The molecule has 2 rings (SSSR count). The fourth-order valence-corrected chi connectivity index (χ4v) is 2.92. The van der Waals surface area contributed by atoms with Crippen molar-refractivity contribution in [2.45, 2.75) is 57.1 Å². The molecule has 17 heavy (non-hydrogen) atoms. The van der Waals surface area contributed by atoms with Crippen LogP contribution in [0.25, 0.3) is 0 Å². The lowest BCUT2D eigenvalue weighted by atomic mass is 9.99. The van der Waals surface area contributed by atoms with Crippen molar-refractivity contribution < 1.29 is 9.90 Å². The molecule has 2 atom stereocenters. The van der Waals surface area contributed by atoms with Gasteiger partial charge in [0.05, 0.1) is 6.10 Å². The number of piperidine rings is 1. The van der Waals surface area contributed by atoms with E-state index < -0.39 is 0 Å². The van der Waals surface area contributed by atoms with E-state index in [1.54, 1.807) is 0 Å². The van der Waals surface area contributed by atoms with Crippen LogP contribution < -0.4 is 10.6 Å². The quantitative estimate of drug-likeness (QED) is 0.666. The number of amides is 1. The van der Waals surface area contributed by atoms with Gasteiger partial charge in [0.25, 0.3) is 0 Å². The summed E-state index contributed by atoms with van der Waals surface area (Å²) in [6.07, 6.45) is 7.45. The first-order chi connectivity index (χ1) is 8.24. The zero-order chi connectivity index (χ0) is 12.1. The second-order valence-electron chi connectivity index (χ2n) is 5.49. The molecule has 1 saturated carbocycles. The molecular weight excluding hydrogens is 216 g/mol. The molecule has 1 heterocycles. The highest BCUT2D eigenvalue weighted by Gasteiger charge is 2.21. The highest BCUT2D eigenvalue weighted by molar-refractivity contribution is 5.76. The molecule has 0 aromatic heterocycles. The maximum atomic E-state index is 11.0. The monoisotopic (exact) mass is 240 g/mol. The van der Waals surface area contributed by atoms with E-state index in [1.807, 2.05) is 0 Å². The van der Waals surface area contributed by atoms with E-state index in [-0.39, 0.29) is 12.0 Å². The van der Waals surface area contributed by atoms with Gasteiger partial charge < -0.3 is 15.7 Å². The van der Waals surface area contributed by atoms with Gasteiger partial charge in [0.2, 0.25) is 5.91 Å². The number of hydrogen-bond donors (Lipinski definition) is 3. The highest BCUT2D eigenvalue weighted by atomic mass is 16.3. The lowest BCUT2D eigenvalue weighted by Gasteiger charge is -2.25. The number of nitrogens with one attached hydrogen (secondary N) is 2. The van der Waals surface area contributed by atoms with Crippen molar-refractivity contribution in [1.29, 1.82) is 0 Å². The normalized spacial score (nSPS) is 28.1. The van der Waals surface area contributed by atoms with Gasteiger partial charge in [0.15, 0.2) is 0 Å². The Hall–Kier alpha value is -0.610. The first kappa shape index (κ1) is 12.8. The summed E-state index contributed by atoms with van der Waals surface area (Å²) in [6, 6.07) is 0.339. The van der Waals surface area contributed by atoms with Gasteiger partial charge in [-0.25, -0.2) is 0 Å². The molecule has 0 bridgehead atoms. The molecule has 2 aliphatic rings. The van der Waals surface area contributed by atoms with Crippen molar-refractivity contribution in [2.24, 2.45) is 5.92 Å². The highest BCUT2D eigenvalue weighted by Crippen LogP contribution is 2.28. The Morgan fingerprint density at radius 1 is 1.35 bits per heavy atom. The molecule has 98 valence electrons. The molecule has 1 aliphatic heterocycles. The van der Waals surface area contributed by atoms with Crippen LogP contribution in [-0.4, -0.2) is 36.2 Å². The van der Waals surface area contributed by atoms with Crippen LogP contribution in [0.5, 0.6) is 0 Å². The Bertz CT molecular complexity index is 242. The van der Waals surface area contributed by atoms with Crippen LogP contribution in [0.3, 0.4) is 0 Å². The van der Waals surface area contributed by atoms with E-state index in [9.17, 15) is 9.90 Å². The predicted octanol–water partition coefficient (Wildman–Crippen LogP) is 0.796. The first-order valence-electron chi connectivity index (χ1n) is 6.92. The molecule has 3 N–H and O–H groups in total. The van der Waals surface area contributed by atoms with Crippen LogP contribution in [0, 0.1) is 5.92 Å². The molecule has 4 nitrogen and oxygen atoms in total. The fraction of sp³-hybridized carbons (Fsp3) is 0.923. The van der Waals surface area contributed by atoms with E-state index >= 15 is 0 Å². The second kappa shape index (κ2) is 6.36. The minimum absolute atomic E-state index is 0.148. The summed E-state index contributed by atoms with van der Waals surface area (Å²) in [7, 11) is 0. The Morgan fingerprint density at radius 2 is 2.12 bits per heavy atom. The predicted molar refractivity (Wildman–Crippen MR) is 66.6 cm³/mol. The van der Waals surface area contributed by atoms with Gasteiger partial charge in [-0.15, -0.1) is 0 Å². The average Bonchev–Trinajstić information content (AvgIpc) is 2.81. The number of rotatable bonds is 5. The van der Waals surface area contributed by atoms with Crippen molar-refractivity contribution in [2.75, 3.05) is 13.1 Å². The third-order valence-electron chi connectivity index (χ3n) is 3.99. The third-order valence-corrected chi connectivity index (χ3v) is 3.99. The van der Waals surface area contributed by atoms with E-state index in [2.05, 4.69) is 10.6 Å². The zero-order valence-corrected chi connectivity index (χ0v) is 10.5. The van der Waals surface area contributed by atoms with E-state index in [1.165, 1.54) is 25.7 Å². The molecule has 2 fully saturated rings. The summed E-state index contributed by atoms with van der Waals surface area (Å²) in [4.78, 5) is 11.0. The smallest absolute Gasteiger partial charge is 0.220 e. The van der Waals surface area contributed by atoms with E-state index in [4.69, 9.17) is 0 Å². The van der Waals surface area contributed by atoms with Crippen molar-refractivity contribution in [1.82, 2.24) is 10.6 Å². The number of hydrogen-bond acceptors (Lipinski definition) is 3. The average molecular weight is 240 g/mol. The minimum atomic E-state index is -0.226. The maximum absolute atomic E-state index is 11.0. The zero-order valence-electron chi connectivity index (χ0n) is 10.5. The molecule has 1 amide bonds. The largest absolute Gasteiger partial charge is 0.392 e. The van der Waals surface area contributed by atoms with Crippen molar-refractivity contribution in [3.05, 3.63) is 0 Å². The SMILES string of the molecule is O=C1CCC(NCC(O)CC2CCCC2)CN1. The second-order valence-corrected chi connectivity index (χ2v) is 5.49. The Labute approximate surface area is 103 Å². The topological polar surface area (TPSA) is 61.4 Å². The molecule has 0 aromatic rings. The van der Waals surface area contributed by atoms with Crippen LogP contribution >= 0.6 is 0 Å². The van der Waals surface area contributed by atoms with Gasteiger partial charge in [-0.05, 0) is 18.8 Å². The Kier molecular flexibility index (Phi) is 4.80.